The van der Waals surface area contributed by atoms with E-state index in [9.17, 15) is 4.79 Å². The first-order chi connectivity index (χ1) is 19.4. The maximum atomic E-state index is 13.2. The number of rotatable bonds is 10. The lowest BCUT2D eigenvalue weighted by molar-refractivity contribution is -0.139. The molecule has 206 valence electrons. The Kier molecular flexibility index (Phi) is 9.14. The van der Waals surface area contributed by atoms with Crippen molar-refractivity contribution in [3.8, 4) is 5.75 Å². The highest BCUT2D eigenvalue weighted by molar-refractivity contribution is 9.10. The molecule has 0 radical (unpaired) electrons. The van der Waals surface area contributed by atoms with Gasteiger partial charge in [-0.15, -0.1) is 5.10 Å². The average Bonchev–Trinajstić information content (AvgIpc) is 3.37. The topological polar surface area (TPSA) is 78.3 Å². The standard InChI is InChI=1S/C30H28BrClN4O3S/c1-3-16-38-28(37)26-19(2)33-29-34-30(40-18-22-6-4-5-7-25(22)32)35-36(29)27(26)21-10-14-24(15-11-21)39-17-20-8-12-23(31)13-9-20/h4-15,27H,3,16-18H2,1-2H3,(H,33,34,35). The number of hydrogen-bond donors (Lipinski definition) is 1. The van der Waals surface area contributed by atoms with Gasteiger partial charge in [0, 0.05) is 20.9 Å². The van der Waals surface area contributed by atoms with E-state index < -0.39 is 6.04 Å². The van der Waals surface area contributed by atoms with E-state index in [0.717, 1.165) is 33.3 Å². The third kappa shape index (κ3) is 6.54. The predicted octanol–water partition coefficient (Wildman–Crippen LogP) is 7.81. The van der Waals surface area contributed by atoms with E-state index in [1.807, 2.05) is 86.6 Å². The van der Waals surface area contributed by atoms with Gasteiger partial charge in [0.25, 0.3) is 0 Å². The summed E-state index contributed by atoms with van der Waals surface area (Å²) in [6, 6.07) is 22.9. The number of esters is 1. The van der Waals surface area contributed by atoms with Crippen molar-refractivity contribution in [1.29, 1.82) is 0 Å². The summed E-state index contributed by atoms with van der Waals surface area (Å²) in [5.74, 6) is 1.53. The van der Waals surface area contributed by atoms with Crippen LogP contribution in [-0.4, -0.2) is 27.3 Å². The molecule has 1 atom stereocenters. The number of fused-ring (bicyclic) bond motifs is 1. The summed E-state index contributed by atoms with van der Waals surface area (Å²) in [7, 11) is 0. The predicted molar refractivity (Wildman–Crippen MR) is 162 cm³/mol. The summed E-state index contributed by atoms with van der Waals surface area (Å²) < 4.78 is 14.3. The smallest absolute Gasteiger partial charge is 0.338 e. The number of ether oxygens (including phenoxy) is 2. The lowest BCUT2D eigenvalue weighted by atomic mass is 9.96. The summed E-state index contributed by atoms with van der Waals surface area (Å²) in [4.78, 5) is 17.9. The molecule has 0 saturated carbocycles. The Morgan fingerprint density at radius 1 is 1.10 bits per heavy atom. The zero-order valence-corrected chi connectivity index (χ0v) is 25.2. The fourth-order valence-corrected chi connectivity index (χ4v) is 5.67. The molecule has 2 heterocycles. The van der Waals surface area contributed by atoms with Gasteiger partial charge in [0.05, 0.1) is 12.2 Å². The Morgan fingerprint density at radius 3 is 2.58 bits per heavy atom. The van der Waals surface area contributed by atoms with Crippen LogP contribution in [0, 0.1) is 0 Å². The van der Waals surface area contributed by atoms with E-state index in [4.69, 9.17) is 31.2 Å². The van der Waals surface area contributed by atoms with Gasteiger partial charge in [-0.25, -0.2) is 9.48 Å². The third-order valence-corrected chi connectivity index (χ3v) is 8.10. The number of nitrogens with zero attached hydrogens (tertiary/aromatic N) is 3. The minimum atomic E-state index is -0.511. The number of thioether (sulfide) groups is 1. The molecule has 0 aliphatic carbocycles. The number of carbonyl (C=O) groups excluding carboxylic acids is 1. The first-order valence-electron chi connectivity index (χ1n) is 12.9. The van der Waals surface area contributed by atoms with Crippen molar-refractivity contribution in [3.05, 3.63) is 110 Å². The van der Waals surface area contributed by atoms with Gasteiger partial charge in [-0.05, 0) is 60.4 Å². The molecule has 1 unspecified atom stereocenters. The van der Waals surface area contributed by atoms with Crippen LogP contribution in [0.2, 0.25) is 5.02 Å². The molecular formula is C30H28BrClN4O3S. The van der Waals surface area contributed by atoms with E-state index >= 15 is 0 Å². The molecule has 5 rings (SSSR count). The van der Waals surface area contributed by atoms with E-state index in [0.29, 0.717) is 46.4 Å². The number of carbonyl (C=O) groups is 1. The lowest BCUT2D eigenvalue weighted by Crippen LogP contribution is -2.29. The Bertz CT molecular complexity index is 1520. The fraction of sp³-hybridized carbons (Fsp3) is 0.233. The van der Waals surface area contributed by atoms with E-state index in [1.165, 1.54) is 11.8 Å². The largest absolute Gasteiger partial charge is 0.489 e. The number of allylic oxidation sites excluding steroid dienone is 1. The Morgan fingerprint density at radius 2 is 1.85 bits per heavy atom. The van der Waals surface area contributed by atoms with Crippen molar-refractivity contribution in [2.24, 2.45) is 0 Å². The molecule has 1 N–H and O–H groups in total. The van der Waals surface area contributed by atoms with Crippen LogP contribution in [0.5, 0.6) is 5.75 Å². The van der Waals surface area contributed by atoms with Gasteiger partial charge in [0.2, 0.25) is 11.1 Å². The number of anilines is 1. The normalized spacial score (nSPS) is 14.4. The number of halogens is 2. The average molecular weight is 640 g/mol. The summed E-state index contributed by atoms with van der Waals surface area (Å²) in [6.07, 6.45) is 0.734. The zero-order chi connectivity index (χ0) is 28.1. The minimum absolute atomic E-state index is 0.342. The molecule has 0 amide bonds. The number of nitrogens with one attached hydrogen (secondary N) is 1. The number of benzene rings is 3. The molecule has 0 fully saturated rings. The van der Waals surface area contributed by atoms with Crippen molar-refractivity contribution in [1.82, 2.24) is 14.8 Å². The van der Waals surface area contributed by atoms with Gasteiger partial charge in [-0.3, -0.25) is 0 Å². The Hall–Kier alpha value is -3.27. The first kappa shape index (κ1) is 28.3. The van der Waals surface area contributed by atoms with Crippen LogP contribution in [0.1, 0.15) is 43.0 Å². The van der Waals surface area contributed by atoms with Crippen LogP contribution in [0.15, 0.2) is 93.7 Å². The Labute approximate surface area is 251 Å². The van der Waals surface area contributed by atoms with Gasteiger partial charge >= 0.3 is 5.97 Å². The first-order valence-corrected chi connectivity index (χ1v) is 15.0. The second-order valence-electron chi connectivity index (χ2n) is 9.23. The molecule has 4 aromatic rings. The SMILES string of the molecule is CCCOC(=O)C1=C(C)Nc2nc(SCc3ccccc3Cl)nn2C1c1ccc(OCc2ccc(Br)cc2)cc1. The van der Waals surface area contributed by atoms with E-state index in [1.54, 1.807) is 4.68 Å². The van der Waals surface area contributed by atoms with Crippen LogP contribution >= 0.6 is 39.3 Å². The molecule has 1 aromatic heterocycles. The highest BCUT2D eigenvalue weighted by atomic mass is 79.9. The van der Waals surface area contributed by atoms with Crippen molar-refractivity contribution in [2.45, 2.75) is 43.8 Å². The van der Waals surface area contributed by atoms with Crippen LogP contribution < -0.4 is 10.1 Å². The molecule has 7 nitrogen and oxygen atoms in total. The molecule has 1 aliphatic heterocycles. The van der Waals surface area contributed by atoms with Gasteiger partial charge in [0.1, 0.15) is 18.4 Å². The van der Waals surface area contributed by atoms with E-state index in [-0.39, 0.29) is 5.97 Å². The van der Waals surface area contributed by atoms with Crippen LogP contribution in [-0.2, 0) is 21.9 Å². The summed E-state index contributed by atoms with van der Waals surface area (Å²) >= 11 is 11.3. The van der Waals surface area contributed by atoms with Crippen LogP contribution in [0.25, 0.3) is 0 Å². The third-order valence-electron chi connectivity index (χ3n) is 6.32. The van der Waals surface area contributed by atoms with E-state index in [2.05, 4.69) is 21.2 Å². The highest BCUT2D eigenvalue weighted by Crippen LogP contribution is 2.38. The fourth-order valence-electron chi connectivity index (χ4n) is 4.29. The summed E-state index contributed by atoms with van der Waals surface area (Å²) in [5, 5.41) is 9.33. The zero-order valence-electron chi connectivity index (χ0n) is 22.1. The molecular weight excluding hydrogens is 612 g/mol. The molecule has 0 bridgehead atoms. The maximum absolute atomic E-state index is 13.2. The van der Waals surface area contributed by atoms with Crippen LogP contribution in [0.3, 0.4) is 0 Å². The molecule has 40 heavy (non-hydrogen) atoms. The number of aromatic nitrogens is 3. The number of hydrogen-bond acceptors (Lipinski definition) is 7. The second-order valence-corrected chi connectivity index (χ2v) is 11.5. The molecule has 1 aliphatic rings. The van der Waals surface area contributed by atoms with Crippen molar-refractivity contribution in [3.63, 3.8) is 0 Å². The summed E-state index contributed by atoms with van der Waals surface area (Å²) in [5.41, 5.74) is 4.12. The van der Waals surface area contributed by atoms with Gasteiger partial charge in [-0.2, -0.15) is 4.98 Å². The Balaban J connectivity index is 1.41. The monoisotopic (exact) mass is 638 g/mol. The van der Waals surface area contributed by atoms with Gasteiger partial charge in [-0.1, -0.05) is 88.7 Å². The second kappa shape index (κ2) is 12.9. The summed E-state index contributed by atoms with van der Waals surface area (Å²) in [6.45, 7) is 4.62. The van der Waals surface area contributed by atoms with Crippen molar-refractivity contribution in [2.75, 3.05) is 11.9 Å². The molecule has 3 aromatic carbocycles. The minimum Gasteiger partial charge on any atom is -0.489 e. The molecule has 0 saturated heterocycles. The highest BCUT2D eigenvalue weighted by Gasteiger charge is 2.35. The molecule has 10 heteroatoms. The quantitative estimate of drug-likeness (QED) is 0.140. The maximum Gasteiger partial charge on any atom is 0.338 e. The van der Waals surface area contributed by atoms with Crippen LogP contribution in [0.4, 0.5) is 5.95 Å². The van der Waals surface area contributed by atoms with Crippen molar-refractivity contribution >= 4 is 51.2 Å². The van der Waals surface area contributed by atoms with Gasteiger partial charge < -0.3 is 14.8 Å². The van der Waals surface area contributed by atoms with Crippen molar-refractivity contribution < 1.29 is 14.3 Å². The van der Waals surface area contributed by atoms with Gasteiger partial charge in [0.15, 0.2) is 0 Å². The molecule has 0 spiro atoms. The lowest BCUT2D eigenvalue weighted by Gasteiger charge is -2.28.